The second-order valence-corrected chi connectivity index (χ2v) is 7.66. The molecule has 1 aromatic heterocycles. The van der Waals surface area contributed by atoms with E-state index >= 15 is 0 Å². The van der Waals surface area contributed by atoms with Crippen LogP contribution in [0, 0.1) is 0 Å². The smallest absolute Gasteiger partial charge is 0.165 e. The molecule has 2 fully saturated rings. The third kappa shape index (κ3) is 4.48. The van der Waals surface area contributed by atoms with Gasteiger partial charge in [-0.15, -0.1) is 5.10 Å². The molecule has 0 N–H and O–H groups in total. The molecule has 1 aliphatic heterocycles. The van der Waals surface area contributed by atoms with Gasteiger partial charge in [0.15, 0.2) is 5.82 Å². The van der Waals surface area contributed by atoms with Crippen molar-refractivity contribution in [2.75, 3.05) is 26.2 Å². The molecular weight excluding hydrogens is 324 g/mol. The van der Waals surface area contributed by atoms with E-state index in [-0.39, 0.29) is 0 Å². The van der Waals surface area contributed by atoms with Crippen LogP contribution in [0.2, 0.25) is 0 Å². The number of tetrazole rings is 1. The maximum Gasteiger partial charge on any atom is 0.165 e. The van der Waals surface area contributed by atoms with Crippen molar-refractivity contribution < 1.29 is 0 Å². The van der Waals surface area contributed by atoms with Crippen molar-refractivity contribution in [1.82, 2.24) is 30.0 Å². The maximum atomic E-state index is 4.28. The van der Waals surface area contributed by atoms with Crippen molar-refractivity contribution in [3.8, 4) is 0 Å². The zero-order chi connectivity index (χ0) is 17.6. The highest BCUT2D eigenvalue weighted by atomic mass is 15.5. The molecule has 2 aromatic rings. The largest absolute Gasteiger partial charge is 0.298 e. The number of hydrogen-bond donors (Lipinski definition) is 0. The molecule has 1 aromatic carbocycles. The summed E-state index contributed by atoms with van der Waals surface area (Å²) < 4.78 is 1.97. The van der Waals surface area contributed by atoms with E-state index in [1.807, 2.05) is 4.68 Å². The van der Waals surface area contributed by atoms with E-state index in [4.69, 9.17) is 0 Å². The van der Waals surface area contributed by atoms with Gasteiger partial charge in [-0.3, -0.25) is 9.80 Å². The van der Waals surface area contributed by atoms with E-state index < -0.39 is 0 Å². The van der Waals surface area contributed by atoms with Gasteiger partial charge >= 0.3 is 0 Å². The van der Waals surface area contributed by atoms with Gasteiger partial charge in [0.1, 0.15) is 0 Å². The minimum atomic E-state index is 0.835. The minimum Gasteiger partial charge on any atom is -0.298 e. The first-order chi connectivity index (χ1) is 12.9. The molecule has 0 radical (unpaired) electrons. The molecular formula is C20H30N6. The Labute approximate surface area is 156 Å². The summed E-state index contributed by atoms with van der Waals surface area (Å²) in [6.07, 6.45) is 8.04. The number of hydrogen-bond acceptors (Lipinski definition) is 5. The molecule has 2 heterocycles. The number of piperazine rings is 1. The molecule has 6 nitrogen and oxygen atoms in total. The van der Waals surface area contributed by atoms with Crippen LogP contribution in [0.5, 0.6) is 0 Å². The first kappa shape index (κ1) is 17.6. The Bertz CT molecular complexity index is 656. The summed E-state index contributed by atoms with van der Waals surface area (Å²) in [5, 5.41) is 12.4. The zero-order valence-corrected chi connectivity index (χ0v) is 15.6. The van der Waals surface area contributed by atoms with Gasteiger partial charge in [-0.05, 0) is 35.3 Å². The monoisotopic (exact) mass is 354 g/mol. The standard InChI is InChI=1S/C20H30N6/c1-3-7-18(8-4-1)11-12-26-20(21-22-23-26)17-24-13-15-25(16-14-24)19-9-5-2-6-10-19/h1,3-4,7-8,19H,2,5-6,9-17H2. The summed E-state index contributed by atoms with van der Waals surface area (Å²) >= 11 is 0. The van der Waals surface area contributed by atoms with Crippen LogP contribution in [0.3, 0.4) is 0 Å². The van der Waals surface area contributed by atoms with E-state index in [2.05, 4.69) is 55.7 Å². The van der Waals surface area contributed by atoms with Crippen molar-refractivity contribution >= 4 is 0 Å². The third-order valence-electron chi connectivity index (χ3n) is 5.92. The molecule has 0 unspecified atom stereocenters. The predicted octanol–water partition coefficient (Wildman–Crippen LogP) is 2.37. The van der Waals surface area contributed by atoms with Gasteiger partial charge in [0.05, 0.1) is 6.54 Å². The van der Waals surface area contributed by atoms with Crippen molar-refractivity contribution in [2.24, 2.45) is 0 Å². The van der Waals surface area contributed by atoms with Gasteiger partial charge in [0, 0.05) is 38.8 Å². The van der Waals surface area contributed by atoms with E-state index in [1.165, 1.54) is 50.8 Å². The van der Waals surface area contributed by atoms with Gasteiger partial charge in [-0.2, -0.15) is 0 Å². The lowest BCUT2D eigenvalue weighted by Crippen LogP contribution is -2.50. The van der Waals surface area contributed by atoms with E-state index in [0.717, 1.165) is 44.5 Å². The van der Waals surface area contributed by atoms with Crippen LogP contribution >= 0.6 is 0 Å². The Kier molecular flexibility index (Phi) is 5.92. The van der Waals surface area contributed by atoms with Gasteiger partial charge in [-0.1, -0.05) is 49.6 Å². The van der Waals surface area contributed by atoms with Gasteiger partial charge < -0.3 is 0 Å². The molecule has 0 atom stereocenters. The Morgan fingerprint density at radius 2 is 1.69 bits per heavy atom. The first-order valence-corrected chi connectivity index (χ1v) is 10.1. The topological polar surface area (TPSA) is 50.1 Å². The predicted molar refractivity (Wildman–Crippen MR) is 102 cm³/mol. The summed E-state index contributed by atoms with van der Waals surface area (Å²) in [6, 6.07) is 11.4. The zero-order valence-electron chi connectivity index (χ0n) is 15.6. The fraction of sp³-hybridized carbons (Fsp3) is 0.650. The van der Waals surface area contributed by atoms with Crippen LogP contribution in [-0.4, -0.2) is 62.2 Å². The normalized spacial score (nSPS) is 20.5. The van der Waals surface area contributed by atoms with Crippen molar-refractivity contribution in [3.63, 3.8) is 0 Å². The average molecular weight is 355 g/mol. The molecule has 0 amide bonds. The lowest BCUT2D eigenvalue weighted by molar-refractivity contribution is 0.0735. The lowest BCUT2D eigenvalue weighted by atomic mass is 9.94. The number of benzene rings is 1. The summed E-state index contributed by atoms with van der Waals surface area (Å²) in [4.78, 5) is 5.22. The van der Waals surface area contributed by atoms with Crippen LogP contribution in [-0.2, 0) is 19.5 Å². The van der Waals surface area contributed by atoms with Crippen molar-refractivity contribution in [3.05, 3.63) is 41.7 Å². The highest BCUT2D eigenvalue weighted by Gasteiger charge is 2.25. The molecule has 1 saturated heterocycles. The Hall–Kier alpha value is -1.79. The quantitative estimate of drug-likeness (QED) is 0.797. The van der Waals surface area contributed by atoms with Gasteiger partial charge in [0.25, 0.3) is 0 Å². The van der Waals surface area contributed by atoms with Crippen LogP contribution in [0.1, 0.15) is 43.5 Å². The Balaban J connectivity index is 1.27. The number of aryl methyl sites for hydroxylation is 2. The van der Waals surface area contributed by atoms with Crippen LogP contribution in [0.15, 0.2) is 30.3 Å². The molecule has 2 aliphatic rings. The lowest BCUT2D eigenvalue weighted by Gasteiger charge is -2.40. The molecule has 4 rings (SSSR count). The maximum absolute atomic E-state index is 4.28. The summed E-state index contributed by atoms with van der Waals surface area (Å²) in [6.45, 7) is 6.34. The average Bonchev–Trinajstić information content (AvgIpc) is 3.15. The van der Waals surface area contributed by atoms with Gasteiger partial charge in [-0.25, -0.2) is 4.68 Å². The second kappa shape index (κ2) is 8.73. The van der Waals surface area contributed by atoms with E-state index in [1.54, 1.807) is 0 Å². The summed E-state index contributed by atoms with van der Waals surface area (Å²) in [7, 11) is 0. The molecule has 140 valence electrons. The third-order valence-corrected chi connectivity index (χ3v) is 5.92. The highest BCUT2D eigenvalue weighted by Crippen LogP contribution is 2.23. The molecule has 6 heteroatoms. The fourth-order valence-electron chi connectivity index (χ4n) is 4.32. The molecule has 1 saturated carbocycles. The molecule has 1 aliphatic carbocycles. The van der Waals surface area contributed by atoms with Crippen LogP contribution < -0.4 is 0 Å². The van der Waals surface area contributed by atoms with E-state index in [9.17, 15) is 0 Å². The molecule has 0 bridgehead atoms. The van der Waals surface area contributed by atoms with Crippen LogP contribution in [0.25, 0.3) is 0 Å². The summed E-state index contributed by atoms with van der Waals surface area (Å²) in [5.41, 5.74) is 1.33. The number of nitrogens with zero attached hydrogens (tertiary/aromatic N) is 6. The number of aromatic nitrogens is 4. The minimum absolute atomic E-state index is 0.835. The SMILES string of the molecule is c1ccc(CCn2nnnc2CN2CCN(C3CCCCC3)CC2)cc1. The fourth-order valence-corrected chi connectivity index (χ4v) is 4.32. The summed E-state index contributed by atoms with van der Waals surface area (Å²) in [5.74, 6) is 0.993. The highest BCUT2D eigenvalue weighted by molar-refractivity contribution is 5.14. The van der Waals surface area contributed by atoms with Gasteiger partial charge in [0.2, 0.25) is 0 Å². The molecule has 26 heavy (non-hydrogen) atoms. The first-order valence-electron chi connectivity index (χ1n) is 10.1. The molecule has 0 spiro atoms. The second-order valence-electron chi connectivity index (χ2n) is 7.66. The van der Waals surface area contributed by atoms with Crippen molar-refractivity contribution in [2.45, 2.75) is 57.7 Å². The van der Waals surface area contributed by atoms with Crippen molar-refractivity contribution in [1.29, 1.82) is 0 Å². The Morgan fingerprint density at radius 1 is 0.923 bits per heavy atom. The van der Waals surface area contributed by atoms with E-state index in [0.29, 0.717) is 0 Å². The Morgan fingerprint density at radius 3 is 2.46 bits per heavy atom. The number of rotatable bonds is 6. The van der Waals surface area contributed by atoms with Crippen LogP contribution in [0.4, 0.5) is 0 Å².